The minimum Gasteiger partial charge on any atom is -0.305 e. The molecular formula is C23H13IrNPS3-. The van der Waals surface area contributed by atoms with Crippen molar-refractivity contribution in [3.05, 3.63) is 85.1 Å². The Morgan fingerprint density at radius 2 is 1.45 bits per heavy atom. The number of benzene rings is 3. The number of nitrogens with zero attached hydrogens (tertiary/aromatic N) is 1. The minimum atomic E-state index is -2.09. The topological polar surface area (TPSA) is 12.9 Å². The number of hydrogen-bond acceptors (Lipinski definition) is 4. The van der Waals surface area contributed by atoms with Crippen LogP contribution in [0.15, 0.2) is 98.6 Å². The molecule has 4 aromatic rings. The third kappa shape index (κ3) is 2.95. The Bertz CT molecular complexity index is 1230. The Balaban J connectivity index is 0.00000181. The molecule has 0 amide bonds. The molecule has 1 atom stereocenters. The molecule has 2 aliphatic heterocycles. The van der Waals surface area contributed by atoms with Crippen LogP contribution in [0, 0.1) is 6.07 Å². The molecular weight excluding hydrogens is 610 g/mol. The van der Waals surface area contributed by atoms with Crippen molar-refractivity contribution in [2.24, 2.45) is 0 Å². The van der Waals surface area contributed by atoms with E-state index in [1.165, 1.54) is 35.5 Å². The largest absolute Gasteiger partial charge is 0.305 e. The molecule has 3 aromatic carbocycles. The average molecular weight is 623 g/mol. The van der Waals surface area contributed by atoms with Gasteiger partial charge in [0.15, 0.2) is 0 Å². The van der Waals surface area contributed by atoms with E-state index < -0.39 is 6.04 Å². The molecule has 0 bridgehead atoms. The van der Waals surface area contributed by atoms with E-state index >= 15 is 0 Å². The summed E-state index contributed by atoms with van der Waals surface area (Å²) < 4.78 is 0. The predicted molar refractivity (Wildman–Crippen MR) is 123 cm³/mol. The van der Waals surface area contributed by atoms with Crippen LogP contribution in [-0.4, -0.2) is 4.98 Å². The van der Waals surface area contributed by atoms with Crippen molar-refractivity contribution in [1.82, 2.24) is 4.98 Å². The van der Waals surface area contributed by atoms with Crippen LogP contribution >= 0.6 is 29.6 Å². The van der Waals surface area contributed by atoms with E-state index in [0.29, 0.717) is 0 Å². The Morgan fingerprint density at radius 3 is 2.14 bits per heavy atom. The fourth-order valence-corrected chi connectivity index (χ4v) is 13.0. The molecule has 0 saturated carbocycles. The summed E-state index contributed by atoms with van der Waals surface area (Å²) in [6.07, 6.45) is 1.84. The molecule has 143 valence electrons. The molecule has 29 heavy (non-hydrogen) atoms. The van der Waals surface area contributed by atoms with Crippen molar-refractivity contribution in [3.8, 4) is 11.3 Å². The van der Waals surface area contributed by atoms with E-state index in [9.17, 15) is 0 Å². The maximum atomic E-state index is 6.57. The smallest absolute Gasteiger partial charge is 0.0190 e. The van der Waals surface area contributed by atoms with Crippen LogP contribution in [0.3, 0.4) is 0 Å². The first-order valence-corrected chi connectivity index (χ1v) is 13.4. The van der Waals surface area contributed by atoms with Crippen LogP contribution in [0.4, 0.5) is 0 Å². The van der Waals surface area contributed by atoms with E-state index in [1.807, 2.05) is 36.2 Å². The van der Waals surface area contributed by atoms with Crippen LogP contribution in [0.25, 0.3) is 11.3 Å². The summed E-state index contributed by atoms with van der Waals surface area (Å²) in [7, 11) is 0. The summed E-state index contributed by atoms with van der Waals surface area (Å²) in [5.41, 5.74) is 1.99. The Kier molecular flexibility index (Phi) is 5.11. The van der Waals surface area contributed by atoms with Gasteiger partial charge in [-0.2, -0.15) is 0 Å². The number of fused-ring (bicyclic) bond motifs is 4. The van der Waals surface area contributed by atoms with E-state index in [-0.39, 0.29) is 20.1 Å². The molecule has 1 radical (unpaired) electrons. The van der Waals surface area contributed by atoms with Crippen molar-refractivity contribution in [2.45, 2.75) is 19.6 Å². The van der Waals surface area contributed by atoms with Gasteiger partial charge in [0.25, 0.3) is 0 Å². The molecule has 1 nitrogen and oxygen atoms in total. The normalized spacial score (nSPS) is 18.1. The molecule has 6 rings (SSSR count). The van der Waals surface area contributed by atoms with Crippen LogP contribution in [0.1, 0.15) is 0 Å². The quantitative estimate of drug-likeness (QED) is 0.184. The zero-order valence-corrected chi connectivity index (χ0v) is 20.7. The maximum absolute atomic E-state index is 6.57. The molecule has 3 heterocycles. The van der Waals surface area contributed by atoms with Gasteiger partial charge in [0.05, 0.1) is 0 Å². The number of pyridine rings is 1. The van der Waals surface area contributed by atoms with Gasteiger partial charge in [-0.15, -0.1) is 41.2 Å². The second kappa shape index (κ2) is 7.50. The minimum absolute atomic E-state index is 0. The van der Waals surface area contributed by atoms with Crippen molar-refractivity contribution in [3.63, 3.8) is 0 Å². The van der Waals surface area contributed by atoms with Crippen molar-refractivity contribution in [2.75, 3.05) is 0 Å². The molecule has 1 aromatic heterocycles. The van der Waals surface area contributed by atoms with E-state index in [0.717, 1.165) is 11.3 Å². The van der Waals surface area contributed by atoms with E-state index in [2.05, 4.69) is 65.6 Å². The summed E-state index contributed by atoms with van der Waals surface area (Å²) >= 11 is 10.2. The van der Waals surface area contributed by atoms with Crippen LogP contribution in [0.2, 0.25) is 0 Å². The van der Waals surface area contributed by atoms with Crippen LogP contribution in [-0.2, 0) is 31.9 Å². The molecule has 0 N–H and O–H groups in total. The second-order valence-corrected chi connectivity index (χ2v) is 13.1. The average Bonchev–Trinajstić information content (AvgIpc) is 2.74. The summed E-state index contributed by atoms with van der Waals surface area (Å²) in [5.74, 6) is 0. The molecule has 0 aliphatic carbocycles. The monoisotopic (exact) mass is 623 g/mol. The summed E-state index contributed by atoms with van der Waals surface area (Å²) in [4.78, 5) is 9.53. The van der Waals surface area contributed by atoms with Crippen molar-refractivity contribution >= 4 is 57.3 Å². The van der Waals surface area contributed by atoms with Crippen molar-refractivity contribution < 1.29 is 20.1 Å². The Morgan fingerprint density at radius 1 is 0.793 bits per heavy atom. The summed E-state index contributed by atoms with van der Waals surface area (Å²) in [6.45, 7) is 0. The Labute approximate surface area is 197 Å². The van der Waals surface area contributed by atoms with Gasteiger partial charge >= 0.3 is 0 Å². The van der Waals surface area contributed by atoms with Crippen LogP contribution in [0.5, 0.6) is 0 Å². The standard InChI is InChI=1S/C23H13NPS3.Ir/c26-25-17-8-1-3-10-19(17)27-21-13-15(16-7-5-6-12-24-16)14-22(23(21)25)28-20-11-4-2-9-18(20)25;/h1-13H;/q-1;. The van der Waals surface area contributed by atoms with E-state index in [1.54, 1.807) is 11.8 Å². The first-order valence-electron chi connectivity index (χ1n) is 8.92. The molecule has 0 saturated heterocycles. The third-order valence-electron chi connectivity index (χ3n) is 5.07. The molecule has 6 heteroatoms. The van der Waals surface area contributed by atoms with Crippen LogP contribution < -0.4 is 15.9 Å². The van der Waals surface area contributed by atoms with Gasteiger partial charge in [-0.1, -0.05) is 75.4 Å². The van der Waals surface area contributed by atoms with Gasteiger partial charge in [-0.25, -0.2) is 0 Å². The van der Waals surface area contributed by atoms with E-state index in [4.69, 9.17) is 11.8 Å². The van der Waals surface area contributed by atoms with Gasteiger partial charge in [0, 0.05) is 42.1 Å². The first kappa shape index (κ1) is 19.8. The zero-order chi connectivity index (χ0) is 18.7. The SMILES string of the molecule is S=P12c3ccccc3Sc3[c-]c(-c4ccccn4)cc(c31)Sc1ccccc12.[Ir]. The van der Waals surface area contributed by atoms with Gasteiger partial charge < -0.3 is 4.98 Å². The van der Waals surface area contributed by atoms with Gasteiger partial charge in [0.1, 0.15) is 0 Å². The summed E-state index contributed by atoms with van der Waals surface area (Å²) in [5, 5.41) is 3.94. The Hall–Kier alpha value is -1.19. The number of hydrogen-bond donors (Lipinski definition) is 0. The fourth-order valence-electron chi connectivity index (χ4n) is 3.85. The predicted octanol–water partition coefficient (Wildman–Crippen LogP) is 5.23. The van der Waals surface area contributed by atoms with Gasteiger partial charge in [0.2, 0.25) is 0 Å². The second-order valence-electron chi connectivity index (χ2n) is 6.69. The molecule has 0 spiro atoms. The molecule has 2 aliphatic rings. The number of rotatable bonds is 1. The maximum Gasteiger partial charge on any atom is 0.0190 e. The van der Waals surface area contributed by atoms with Gasteiger partial charge in [-0.05, 0) is 34.5 Å². The fraction of sp³-hybridized carbons (Fsp3) is 0. The third-order valence-corrected chi connectivity index (χ3v) is 12.8. The summed E-state index contributed by atoms with van der Waals surface area (Å²) in [6, 6.07) is 27.1. The molecule has 1 unspecified atom stereocenters. The zero-order valence-electron chi connectivity index (χ0n) is 15.0. The number of aromatic nitrogens is 1. The molecule has 0 fully saturated rings. The first-order chi connectivity index (χ1) is 13.7. The van der Waals surface area contributed by atoms with Gasteiger partial charge in [-0.3, -0.25) is 0 Å². The van der Waals surface area contributed by atoms with Crippen molar-refractivity contribution in [1.29, 1.82) is 0 Å².